The van der Waals surface area contributed by atoms with Crippen molar-refractivity contribution < 1.29 is 9.18 Å². The Morgan fingerprint density at radius 2 is 2.30 bits per heavy atom. The molecule has 0 spiro atoms. The van der Waals surface area contributed by atoms with E-state index in [1.54, 1.807) is 0 Å². The smallest absolute Gasteiger partial charge is 0.276 e. The van der Waals surface area contributed by atoms with Crippen LogP contribution in [0, 0.1) is 5.82 Å². The summed E-state index contributed by atoms with van der Waals surface area (Å²) in [5.41, 5.74) is -0.322. The normalized spacial score (nSPS) is 10.5. The maximum atomic E-state index is 13.3. The number of benzene rings is 1. The van der Waals surface area contributed by atoms with E-state index in [9.17, 15) is 14.0 Å². The number of carbonyl (C=O) groups excluding carboxylic acids is 1. The van der Waals surface area contributed by atoms with Crippen LogP contribution in [0.15, 0.2) is 35.6 Å². The van der Waals surface area contributed by atoms with E-state index in [0.717, 1.165) is 6.07 Å². The summed E-state index contributed by atoms with van der Waals surface area (Å²) in [6, 6.07) is 3.86. The maximum Gasteiger partial charge on any atom is 0.276 e. The molecule has 0 atom stereocenters. The van der Waals surface area contributed by atoms with Crippen molar-refractivity contribution in [3.63, 3.8) is 0 Å². The lowest BCUT2D eigenvalue weighted by Crippen LogP contribution is -2.32. The van der Waals surface area contributed by atoms with Gasteiger partial charge in [0.25, 0.3) is 5.91 Å². The topological polar surface area (TPSA) is 64.0 Å². The maximum absolute atomic E-state index is 13.3. The molecule has 104 valence electrons. The minimum absolute atomic E-state index is 0.144. The van der Waals surface area contributed by atoms with Gasteiger partial charge in [0.1, 0.15) is 5.82 Å². The summed E-state index contributed by atoms with van der Waals surface area (Å²) < 4.78 is 14.8. The van der Waals surface area contributed by atoms with Crippen molar-refractivity contribution in [1.29, 1.82) is 0 Å². The third kappa shape index (κ3) is 2.45. The summed E-state index contributed by atoms with van der Waals surface area (Å²) >= 11 is 0. The number of rotatable bonds is 4. The fourth-order valence-electron chi connectivity index (χ4n) is 1.90. The van der Waals surface area contributed by atoms with E-state index < -0.39 is 17.2 Å². The van der Waals surface area contributed by atoms with Crippen molar-refractivity contribution in [3.05, 3.63) is 52.6 Å². The first-order valence-electron chi connectivity index (χ1n) is 6.18. The van der Waals surface area contributed by atoms with E-state index in [4.69, 9.17) is 0 Å². The second-order valence-electron chi connectivity index (χ2n) is 4.15. The molecule has 0 saturated heterocycles. The molecule has 2 aromatic rings. The van der Waals surface area contributed by atoms with Crippen molar-refractivity contribution in [3.8, 4) is 0 Å². The van der Waals surface area contributed by atoms with Gasteiger partial charge in [-0.1, -0.05) is 6.08 Å². The predicted molar refractivity (Wildman–Crippen MR) is 74.2 cm³/mol. The first-order valence-corrected chi connectivity index (χ1v) is 6.18. The first-order chi connectivity index (χ1) is 9.58. The molecule has 1 N–H and O–H groups in total. The number of aromatic nitrogens is 2. The molecule has 0 radical (unpaired) electrons. The average Bonchev–Trinajstić information content (AvgIpc) is 2.45. The molecule has 5 nitrogen and oxygen atoms in total. The Hall–Kier alpha value is -2.50. The van der Waals surface area contributed by atoms with Gasteiger partial charge < -0.3 is 5.32 Å². The zero-order chi connectivity index (χ0) is 14.7. The van der Waals surface area contributed by atoms with Crippen LogP contribution in [0.4, 0.5) is 4.39 Å². The number of nitrogens with zero attached hydrogens (tertiary/aromatic N) is 2. The molecule has 2 rings (SSSR count). The fraction of sp³-hybridized carbons (Fsp3) is 0.214. The zero-order valence-electron chi connectivity index (χ0n) is 11.0. The molecule has 1 aromatic carbocycles. The fourth-order valence-corrected chi connectivity index (χ4v) is 1.90. The van der Waals surface area contributed by atoms with Gasteiger partial charge >= 0.3 is 0 Å². The van der Waals surface area contributed by atoms with Crippen molar-refractivity contribution in [1.82, 2.24) is 15.1 Å². The lowest BCUT2D eigenvalue weighted by Gasteiger charge is -2.10. The minimum atomic E-state index is -0.594. The van der Waals surface area contributed by atoms with Gasteiger partial charge in [-0.3, -0.25) is 14.3 Å². The number of hydrogen-bond donors (Lipinski definition) is 1. The summed E-state index contributed by atoms with van der Waals surface area (Å²) in [4.78, 5) is 24.1. The Labute approximate surface area is 114 Å². The molecule has 0 unspecified atom stereocenters. The molecule has 20 heavy (non-hydrogen) atoms. The molecular formula is C14H14FN3O2. The molecule has 0 fully saturated rings. The summed E-state index contributed by atoms with van der Waals surface area (Å²) in [7, 11) is 0. The number of fused-ring (bicyclic) bond motifs is 1. The second kappa shape index (κ2) is 5.64. The highest BCUT2D eigenvalue weighted by Crippen LogP contribution is 2.12. The number of amides is 1. The summed E-state index contributed by atoms with van der Waals surface area (Å²) in [6.45, 7) is 5.99. The number of hydrogen-bond acceptors (Lipinski definition) is 3. The van der Waals surface area contributed by atoms with Gasteiger partial charge in [0.15, 0.2) is 5.69 Å². The van der Waals surface area contributed by atoms with Gasteiger partial charge in [-0.2, -0.15) is 5.10 Å². The third-order valence-electron chi connectivity index (χ3n) is 2.84. The van der Waals surface area contributed by atoms with E-state index in [1.165, 1.54) is 22.9 Å². The molecule has 0 aliphatic rings. The van der Waals surface area contributed by atoms with Crippen LogP contribution < -0.4 is 10.7 Å². The van der Waals surface area contributed by atoms with Gasteiger partial charge in [0.2, 0.25) is 5.43 Å². The molecule has 1 heterocycles. The van der Waals surface area contributed by atoms with Crippen LogP contribution in [-0.2, 0) is 6.54 Å². The number of carbonyl (C=O) groups is 1. The van der Waals surface area contributed by atoms with Gasteiger partial charge in [-0.15, -0.1) is 6.58 Å². The van der Waals surface area contributed by atoms with Crippen LogP contribution in [0.25, 0.3) is 10.9 Å². The molecule has 1 aromatic heterocycles. The summed E-state index contributed by atoms with van der Waals surface area (Å²) in [5, 5.41) is 6.67. The first kappa shape index (κ1) is 13.9. The molecule has 6 heteroatoms. The number of nitrogens with one attached hydrogen (secondary N) is 1. The Morgan fingerprint density at radius 1 is 1.55 bits per heavy atom. The van der Waals surface area contributed by atoms with Crippen LogP contribution >= 0.6 is 0 Å². The monoisotopic (exact) mass is 275 g/mol. The van der Waals surface area contributed by atoms with E-state index >= 15 is 0 Å². The van der Waals surface area contributed by atoms with E-state index in [2.05, 4.69) is 17.0 Å². The highest BCUT2D eigenvalue weighted by molar-refractivity contribution is 5.95. The summed E-state index contributed by atoms with van der Waals surface area (Å²) in [5.74, 6) is -1.12. The van der Waals surface area contributed by atoms with Gasteiger partial charge in [-0.25, -0.2) is 4.39 Å². The highest BCUT2D eigenvalue weighted by Gasteiger charge is 2.16. The number of aryl methyl sites for hydroxylation is 1. The Balaban J connectivity index is 2.67. The Bertz CT molecular complexity index is 737. The lowest BCUT2D eigenvalue weighted by molar-refractivity contribution is 0.0950. The predicted octanol–water partition coefficient (Wildman–Crippen LogP) is 1.47. The van der Waals surface area contributed by atoms with Crippen molar-refractivity contribution in [2.45, 2.75) is 13.5 Å². The lowest BCUT2D eigenvalue weighted by atomic mass is 10.2. The van der Waals surface area contributed by atoms with Crippen molar-refractivity contribution >= 4 is 16.8 Å². The molecule has 0 aliphatic carbocycles. The third-order valence-corrected chi connectivity index (χ3v) is 2.84. The minimum Gasteiger partial charge on any atom is -0.347 e. The number of halogens is 1. The van der Waals surface area contributed by atoms with E-state index in [1.807, 2.05) is 6.92 Å². The van der Waals surface area contributed by atoms with Crippen molar-refractivity contribution in [2.75, 3.05) is 6.54 Å². The molecule has 0 aliphatic heterocycles. The Kier molecular flexibility index (Phi) is 3.93. The molecular weight excluding hydrogens is 261 g/mol. The van der Waals surface area contributed by atoms with Crippen molar-refractivity contribution in [2.24, 2.45) is 0 Å². The van der Waals surface area contributed by atoms with E-state index in [-0.39, 0.29) is 17.6 Å². The average molecular weight is 275 g/mol. The quantitative estimate of drug-likeness (QED) is 0.859. The standard InChI is InChI=1S/C14H14FN3O2/c1-3-7-16-14(20)12-13(19)10-8-9(15)5-6-11(10)18(4-2)17-12/h3,5-6,8H,1,4,7H2,2H3,(H,16,20). The van der Waals surface area contributed by atoms with Crippen LogP contribution in [0.5, 0.6) is 0 Å². The van der Waals surface area contributed by atoms with Crippen LogP contribution in [0.3, 0.4) is 0 Å². The second-order valence-corrected chi connectivity index (χ2v) is 4.15. The summed E-state index contributed by atoms with van der Waals surface area (Å²) in [6.07, 6.45) is 1.50. The SMILES string of the molecule is C=CCNC(=O)c1nn(CC)c2ccc(F)cc2c1=O. The van der Waals surface area contributed by atoms with Crippen LogP contribution in [0.1, 0.15) is 17.4 Å². The van der Waals surface area contributed by atoms with Gasteiger partial charge in [0.05, 0.1) is 10.9 Å². The zero-order valence-corrected chi connectivity index (χ0v) is 11.0. The molecule has 0 bridgehead atoms. The molecule has 1 amide bonds. The molecule has 0 saturated carbocycles. The van der Waals surface area contributed by atoms with Crippen LogP contribution in [0.2, 0.25) is 0 Å². The van der Waals surface area contributed by atoms with Gasteiger partial charge in [-0.05, 0) is 25.1 Å². The van der Waals surface area contributed by atoms with E-state index in [0.29, 0.717) is 12.1 Å². The van der Waals surface area contributed by atoms with Gasteiger partial charge in [0, 0.05) is 13.1 Å². The largest absolute Gasteiger partial charge is 0.347 e. The highest BCUT2D eigenvalue weighted by atomic mass is 19.1. The Morgan fingerprint density at radius 3 is 2.95 bits per heavy atom. The van der Waals surface area contributed by atoms with Crippen LogP contribution in [-0.4, -0.2) is 22.2 Å².